The molecule has 0 aromatic carbocycles. The summed E-state index contributed by atoms with van der Waals surface area (Å²) in [5.41, 5.74) is 3.08. The molecule has 1 aliphatic carbocycles. The Labute approximate surface area is 73.0 Å². The number of halogens is 3. The molecule has 0 amide bonds. The van der Waals surface area contributed by atoms with Crippen LogP contribution in [0.3, 0.4) is 0 Å². The van der Waals surface area contributed by atoms with Gasteiger partial charge in [-0.2, -0.15) is 13.2 Å². The van der Waals surface area contributed by atoms with Crippen LogP contribution in [-0.4, -0.2) is 25.3 Å². The van der Waals surface area contributed by atoms with Gasteiger partial charge in [0.25, 0.3) is 0 Å². The van der Waals surface area contributed by atoms with Gasteiger partial charge < -0.3 is 10.5 Å². The van der Waals surface area contributed by atoms with Crippen molar-refractivity contribution in [2.45, 2.75) is 19.1 Å². The smallest absolute Gasteiger partial charge is 0.396 e. The second-order valence-corrected chi connectivity index (χ2v) is 3.31. The van der Waals surface area contributed by atoms with Crippen molar-refractivity contribution in [2.75, 3.05) is 7.11 Å². The molecule has 1 fully saturated rings. The zero-order valence-corrected chi connectivity index (χ0v) is 7.18. The number of carbonyl (C=O) groups excluding carboxylic acids is 1. The maximum Gasteiger partial charge on any atom is 0.396 e. The first-order chi connectivity index (χ1) is 5.76. The SMILES string of the molecule is COC(=O)C1C(N)C1(C)C(F)(F)F. The van der Waals surface area contributed by atoms with E-state index >= 15 is 0 Å². The molecular weight excluding hydrogens is 187 g/mol. The van der Waals surface area contributed by atoms with Crippen molar-refractivity contribution in [1.82, 2.24) is 0 Å². The Balaban J connectivity index is 2.82. The minimum absolute atomic E-state index is 0.896. The second-order valence-electron chi connectivity index (χ2n) is 3.31. The second kappa shape index (κ2) is 2.60. The molecule has 0 aromatic rings. The maximum absolute atomic E-state index is 12.3. The van der Waals surface area contributed by atoms with Gasteiger partial charge in [-0.05, 0) is 6.92 Å². The largest absolute Gasteiger partial charge is 0.469 e. The summed E-state index contributed by atoms with van der Waals surface area (Å²) in [6.07, 6.45) is -4.45. The standard InChI is InChI=1S/C7H10F3NO2/c1-6(7(8,9)10)3(4(6)11)5(12)13-2/h3-4H,11H2,1-2H3. The van der Waals surface area contributed by atoms with E-state index in [1.54, 1.807) is 0 Å². The number of hydrogen-bond donors (Lipinski definition) is 1. The van der Waals surface area contributed by atoms with Gasteiger partial charge in [0.2, 0.25) is 0 Å². The van der Waals surface area contributed by atoms with Crippen LogP contribution in [0, 0.1) is 11.3 Å². The summed E-state index contributed by atoms with van der Waals surface area (Å²) in [4.78, 5) is 10.8. The molecule has 6 heteroatoms. The minimum atomic E-state index is -4.45. The number of rotatable bonds is 1. The average molecular weight is 197 g/mol. The van der Waals surface area contributed by atoms with Gasteiger partial charge in [-0.3, -0.25) is 4.79 Å². The van der Waals surface area contributed by atoms with Gasteiger partial charge in [-0.1, -0.05) is 0 Å². The third kappa shape index (κ3) is 1.20. The molecule has 0 bridgehead atoms. The van der Waals surface area contributed by atoms with E-state index in [4.69, 9.17) is 5.73 Å². The first-order valence-corrected chi connectivity index (χ1v) is 3.67. The van der Waals surface area contributed by atoms with Crippen LogP contribution >= 0.6 is 0 Å². The van der Waals surface area contributed by atoms with E-state index in [1.165, 1.54) is 0 Å². The number of carbonyl (C=O) groups is 1. The van der Waals surface area contributed by atoms with Gasteiger partial charge >= 0.3 is 12.1 Å². The van der Waals surface area contributed by atoms with Gasteiger partial charge in [0.15, 0.2) is 0 Å². The lowest BCUT2D eigenvalue weighted by Crippen LogP contribution is -2.29. The number of methoxy groups -OCH3 is 1. The molecule has 2 N–H and O–H groups in total. The van der Waals surface area contributed by atoms with Gasteiger partial charge in [0, 0.05) is 6.04 Å². The highest BCUT2D eigenvalue weighted by Gasteiger charge is 2.77. The van der Waals surface area contributed by atoms with E-state index in [0.717, 1.165) is 14.0 Å². The Kier molecular flexibility index (Phi) is 2.06. The third-order valence-corrected chi connectivity index (χ3v) is 2.65. The van der Waals surface area contributed by atoms with E-state index in [9.17, 15) is 18.0 Å². The average Bonchev–Trinajstić information content (AvgIpc) is 2.54. The van der Waals surface area contributed by atoms with Crippen LogP contribution in [-0.2, 0) is 9.53 Å². The summed E-state index contributed by atoms with van der Waals surface area (Å²) in [5, 5.41) is 0. The first-order valence-electron chi connectivity index (χ1n) is 3.67. The quantitative estimate of drug-likeness (QED) is 0.629. The lowest BCUT2D eigenvalue weighted by atomic mass is 10.1. The molecule has 0 aromatic heterocycles. The van der Waals surface area contributed by atoms with Gasteiger partial charge in [-0.15, -0.1) is 0 Å². The highest BCUT2D eigenvalue weighted by molar-refractivity contribution is 5.79. The Bertz CT molecular complexity index is 240. The predicted molar refractivity (Wildman–Crippen MR) is 37.6 cm³/mol. The summed E-state index contributed by atoms with van der Waals surface area (Å²) in [6.45, 7) is 0.930. The fraction of sp³-hybridized carbons (Fsp3) is 0.857. The molecule has 1 saturated carbocycles. The number of alkyl halides is 3. The highest BCUT2D eigenvalue weighted by atomic mass is 19.4. The van der Waals surface area contributed by atoms with Crippen molar-refractivity contribution in [2.24, 2.45) is 17.1 Å². The van der Waals surface area contributed by atoms with Gasteiger partial charge in [0.1, 0.15) is 0 Å². The zero-order chi connectivity index (χ0) is 10.4. The summed E-state index contributed by atoms with van der Waals surface area (Å²) < 4.78 is 41.2. The number of ether oxygens (including phenoxy) is 1. The molecule has 0 radical (unpaired) electrons. The minimum Gasteiger partial charge on any atom is -0.469 e. The molecule has 0 spiro atoms. The Morgan fingerprint density at radius 2 is 2.00 bits per heavy atom. The van der Waals surface area contributed by atoms with Crippen LogP contribution < -0.4 is 5.73 Å². The van der Waals surface area contributed by atoms with Crippen LogP contribution in [0.4, 0.5) is 13.2 Å². The normalized spacial score (nSPS) is 38.6. The van der Waals surface area contributed by atoms with Crippen LogP contribution in [0.15, 0.2) is 0 Å². The monoisotopic (exact) mass is 197 g/mol. The van der Waals surface area contributed by atoms with Crippen molar-refractivity contribution in [1.29, 1.82) is 0 Å². The molecule has 0 aliphatic heterocycles. The predicted octanol–water partition coefficient (Wildman–Crippen LogP) is 0.685. The maximum atomic E-state index is 12.3. The van der Waals surface area contributed by atoms with E-state index in [1.807, 2.05) is 0 Å². The van der Waals surface area contributed by atoms with Crippen LogP contribution in [0.1, 0.15) is 6.92 Å². The van der Waals surface area contributed by atoms with Crippen molar-refractivity contribution >= 4 is 5.97 Å². The molecule has 76 valence electrons. The van der Waals surface area contributed by atoms with Crippen LogP contribution in [0.5, 0.6) is 0 Å². The fourth-order valence-corrected chi connectivity index (χ4v) is 1.43. The van der Waals surface area contributed by atoms with Crippen molar-refractivity contribution < 1.29 is 22.7 Å². The molecule has 13 heavy (non-hydrogen) atoms. The Hall–Kier alpha value is -0.780. The molecule has 0 heterocycles. The topological polar surface area (TPSA) is 52.3 Å². The van der Waals surface area contributed by atoms with E-state index in [2.05, 4.69) is 4.74 Å². The molecule has 1 rings (SSSR count). The van der Waals surface area contributed by atoms with E-state index in [0.29, 0.717) is 0 Å². The molecule has 3 unspecified atom stereocenters. The van der Waals surface area contributed by atoms with E-state index < -0.39 is 29.5 Å². The van der Waals surface area contributed by atoms with Crippen LogP contribution in [0.2, 0.25) is 0 Å². The number of hydrogen-bond acceptors (Lipinski definition) is 3. The molecule has 1 aliphatic rings. The van der Waals surface area contributed by atoms with Gasteiger partial charge in [0.05, 0.1) is 18.4 Å². The van der Waals surface area contributed by atoms with Gasteiger partial charge in [-0.25, -0.2) is 0 Å². The van der Waals surface area contributed by atoms with E-state index in [-0.39, 0.29) is 0 Å². The molecule has 3 nitrogen and oxygen atoms in total. The zero-order valence-electron chi connectivity index (χ0n) is 7.18. The van der Waals surface area contributed by atoms with Crippen molar-refractivity contribution in [3.63, 3.8) is 0 Å². The lowest BCUT2D eigenvalue weighted by Gasteiger charge is -2.14. The fourth-order valence-electron chi connectivity index (χ4n) is 1.43. The summed E-state index contributed by atoms with van der Waals surface area (Å²) >= 11 is 0. The summed E-state index contributed by atoms with van der Waals surface area (Å²) in [6, 6.07) is -1.18. The van der Waals surface area contributed by atoms with Crippen LogP contribution in [0.25, 0.3) is 0 Å². The third-order valence-electron chi connectivity index (χ3n) is 2.65. The Morgan fingerprint density at radius 1 is 1.54 bits per heavy atom. The molecular formula is C7H10F3NO2. The number of nitrogens with two attached hydrogens (primary N) is 1. The van der Waals surface area contributed by atoms with Crippen molar-refractivity contribution in [3.05, 3.63) is 0 Å². The highest BCUT2D eigenvalue weighted by Crippen LogP contribution is 2.61. The summed E-state index contributed by atoms with van der Waals surface area (Å²) in [5.74, 6) is -2.15. The lowest BCUT2D eigenvalue weighted by molar-refractivity contribution is -0.191. The first kappa shape index (κ1) is 10.3. The molecule has 3 atom stereocenters. The number of esters is 1. The summed E-state index contributed by atoms with van der Waals surface area (Å²) in [7, 11) is 1.05. The Morgan fingerprint density at radius 3 is 2.23 bits per heavy atom. The molecule has 0 saturated heterocycles. The van der Waals surface area contributed by atoms with Crippen molar-refractivity contribution in [3.8, 4) is 0 Å².